The second-order valence-electron chi connectivity index (χ2n) is 5.40. The van der Waals surface area contributed by atoms with Crippen LogP contribution in [0.2, 0.25) is 5.02 Å². The van der Waals surface area contributed by atoms with Crippen LogP contribution >= 0.6 is 11.6 Å². The highest BCUT2D eigenvalue weighted by Crippen LogP contribution is 2.20. The lowest BCUT2D eigenvalue weighted by Crippen LogP contribution is -2.47. The maximum absolute atomic E-state index is 12.5. The molecule has 1 aromatic heterocycles. The molecule has 0 bridgehead atoms. The normalized spacial score (nSPS) is 15.8. The summed E-state index contributed by atoms with van der Waals surface area (Å²) in [5, 5.41) is 13.8. The highest BCUT2D eigenvalue weighted by molar-refractivity contribution is 6.31. The Morgan fingerprint density at radius 3 is 2.55 bits per heavy atom. The van der Waals surface area contributed by atoms with Gasteiger partial charge in [-0.25, -0.2) is 0 Å². The second kappa shape index (κ2) is 7.11. The average Bonchev–Trinajstić information content (AvgIpc) is 2.72. The summed E-state index contributed by atoms with van der Waals surface area (Å²) in [6.07, 6.45) is 1.30. The Morgan fingerprint density at radius 1 is 1.41 bits per heavy atom. The predicted octanol–water partition coefficient (Wildman–Crippen LogP) is 1.25. The SMILES string of the molecule is Cc1nn(CC(=O)N(CC(=O)O)C2CCOCC2)c(C)c1Cl. The largest absolute Gasteiger partial charge is 0.480 e. The van der Waals surface area contributed by atoms with Gasteiger partial charge in [-0.3, -0.25) is 14.3 Å². The monoisotopic (exact) mass is 329 g/mol. The van der Waals surface area contributed by atoms with Crippen LogP contribution in [0.4, 0.5) is 0 Å². The fourth-order valence-corrected chi connectivity index (χ4v) is 2.75. The molecule has 0 unspecified atom stereocenters. The van der Waals surface area contributed by atoms with Crippen LogP contribution in [0.1, 0.15) is 24.2 Å². The molecule has 1 N–H and O–H groups in total. The van der Waals surface area contributed by atoms with Gasteiger partial charge in [-0.2, -0.15) is 5.10 Å². The number of ether oxygens (including phenoxy) is 1. The van der Waals surface area contributed by atoms with Gasteiger partial charge in [-0.1, -0.05) is 11.6 Å². The highest BCUT2D eigenvalue weighted by atomic mass is 35.5. The summed E-state index contributed by atoms with van der Waals surface area (Å²) in [7, 11) is 0. The van der Waals surface area contributed by atoms with Crippen LogP contribution < -0.4 is 0 Å². The van der Waals surface area contributed by atoms with Crippen molar-refractivity contribution in [3.8, 4) is 0 Å². The van der Waals surface area contributed by atoms with E-state index in [1.807, 2.05) is 0 Å². The summed E-state index contributed by atoms with van der Waals surface area (Å²) < 4.78 is 6.79. The number of carbonyl (C=O) groups excluding carboxylic acids is 1. The highest BCUT2D eigenvalue weighted by Gasteiger charge is 2.28. The maximum Gasteiger partial charge on any atom is 0.323 e. The van der Waals surface area contributed by atoms with Crippen molar-refractivity contribution in [1.82, 2.24) is 14.7 Å². The first kappa shape index (κ1) is 16.8. The summed E-state index contributed by atoms with van der Waals surface area (Å²) >= 11 is 6.08. The van der Waals surface area contributed by atoms with E-state index in [1.54, 1.807) is 13.8 Å². The third-order valence-corrected chi connectivity index (χ3v) is 4.38. The van der Waals surface area contributed by atoms with Gasteiger partial charge >= 0.3 is 5.97 Å². The number of rotatable bonds is 5. The van der Waals surface area contributed by atoms with Crippen LogP contribution in [-0.4, -0.2) is 57.5 Å². The van der Waals surface area contributed by atoms with Crippen LogP contribution in [0.3, 0.4) is 0 Å². The van der Waals surface area contributed by atoms with Crippen LogP contribution in [0, 0.1) is 13.8 Å². The summed E-state index contributed by atoms with van der Waals surface area (Å²) in [5.41, 5.74) is 1.36. The zero-order valence-electron chi connectivity index (χ0n) is 12.7. The number of carboxylic acids is 1. The molecule has 0 atom stereocenters. The predicted molar refractivity (Wildman–Crippen MR) is 79.9 cm³/mol. The smallest absolute Gasteiger partial charge is 0.323 e. The average molecular weight is 330 g/mol. The standard InChI is InChI=1S/C14H20ClN3O4/c1-9-14(15)10(2)18(16-9)7-12(19)17(8-13(20)21)11-3-5-22-6-4-11/h11H,3-8H2,1-2H3,(H,20,21). The fourth-order valence-electron chi connectivity index (χ4n) is 2.61. The van der Waals surface area contributed by atoms with Crippen molar-refractivity contribution in [2.75, 3.05) is 19.8 Å². The molecule has 1 aliphatic rings. The summed E-state index contributed by atoms with van der Waals surface area (Å²) in [4.78, 5) is 25.0. The van der Waals surface area contributed by atoms with Crippen molar-refractivity contribution in [1.29, 1.82) is 0 Å². The molecule has 2 heterocycles. The number of aliphatic carboxylic acids is 1. The van der Waals surface area contributed by atoms with Gasteiger partial charge in [0, 0.05) is 19.3 Å². The van der Waals surface area contributed by atoms with E-state index in [1.165, 1.54) is 9.58 Å². The molecule has 1 saturated heterocycles. The molecule has 7 nitrogen and oxygen atoms in total. The van der Waals surface area contributed by atoms with Crippen LogP contribution in [0.25, 0.3) is 0 Å². The first-order valence-electron chi connectivity index (χ1n) is 7.18. The van der Waals surface area contributed by atoms with Gasteiger partial charge in [-0.05, 0) is 26.7 Å². The van der Waals surface area contributed by atoms with Crippen molar-refractivity contribution in [2.45, 2.75) is 39.3 Å². The van der Waals surface area contributed by atoms with Crippen LogP contribution in [0.15, 0.2) is 0 Å². The van der Waals surface area contributed by atoms with E-state index >= 15 is 0 Å². The number of nitrogens with zero attached hydrogens (tertiary/aromatic N) is 3. The van der Waals surface area contributed by atoms with Crippen molar-refractivity contribution in [2.24, 2.45) is 0 Å². The van der Waals surface area contributed by atoms with Gasteiger partial charge in [0.05, 0.1) is 16.4 Å². The molecule has 22 heavy (non-hydrogen) atoms. The molecule has 1 fully saturated rings. The van der Waals surface area contributed by atoms with Gasteiger partial charge < -0.3 is 14.7 Å². The third-order valence-electron chi connectivity index (χ3n) is 3.84. The van der Waals surface area contributed by atoms with Crippen LogP contribution in [-0.2, 0) is 20.9 Å². The summed E-state index contributed by atoms with van der Waals surface area (Å²) in [6, 6.07) is -0.107. The van der Waals surface area contributed by atoms with E-state index < -0.39 is 5.97 Å². The van der Waals surface area contributed by atoms with E-state index in [0.717, 1.165) is 0 Å². The van der Waals surface area contributed by atoms with Crippen LogP contribution in [0.5, 0.6) is 0 Å². The first-order chi connectivity index (χ1) is 10.4. The minimum atomic E-state index is -1.02. The molecule has 1 aromatic rings. The molecule has 8 heteroatoms. The number of amides is 1. The Labute approximate surface area is 133 Å². The molecule has 1 aliphatic heterocycles. The number of carbonyl (C=O) groups is 2. The molecule has 2 rings (SSSR count). The third kappa shape index (κ3) is 3.78. The molecule has 0 spiro atoms. The van der Waals surface area contributed by atoms with Crippen molar-refractivity contribution >= 4 is 23.5 Å². The summed E-state index contributed by atoms with van der Waals surface area (Å²) in [5.74, 6) is -1.29. The minimum absolute atomic E-state index is 0.00989. The number of carboxylic acid groups (broad SMARTS) is 1. The molecule has 1 amide bonds. The molecule has 0 radical (unpaired) electrons. The molecule has 0 saturated carbocycles. The van der Waals surface area contributed by atoms with Crippen molar-refractivity contribution in [3.63, 3.8) is 0 Å². The van der Waals surface area contributed by atoms with Crippen molar-refractivity contribution in [3.05, 3.63) is 16.4 Å². The van der Waals surface area contributed by atoms with E-state index in [9.17, 15) is 9.59 Å². The van der Waals surface area contributed by atoms with Gasteiger partial charge in [0.25, 0.3) is 0 Å². The number of aromatic nitrogens is 2. The van der Waals surface area contributed by atoms with Crippen molar-refractivity contribution < 1.29 is 19.4 Å². The Kier molecular flexibility index (Phi) is 5.42. The Morgan fingerprint density at radius 2 is 2.05 bits per heavy atom. The first-order valence-corrected chi connectivity index (χ1v) is 7.56. The molecular formula is C14H20ClN3O4. The number of aryl methyl sites for hydroxylation is 1. The lowest BCUT2D eigenvalue weighted by molar-refractivity contribution is -0.148. The zero-order valence-corrected chi connectivity index (χ0v) is 13.5. The molecule has 0 aromatic carbocycles. The fraction of sp³-hybridized carbons (Fsp3) is 0.643. The Bertz CT molecular complexity index is 567. The molecular weight excluding hydrogens is 310 g/mol. The Balaban J connectivity index is 2.13. The number of halogens is 1. The minimum Gasteiger partial charge on any atom is -0.480 e. The van der Waals surface area contributed by atoms with Gasteiger partial charge in [0.2, 0.25) is 5.91 Å². The second-order valence-corrected chi connectivity index (χ2v) is 5.78. The number of hydrogen-bond acceptors (Lipinski definition) is 4. The molecule has 0 aliphatic carbocycles. The van der Waals surface area contributed by atoms with E-state index in [-0.39, 0.29) is 25.0 Å². The van der Waals surface area contributed by atoms with Gasteiger partial charge in [0.1, 0.15) is 13.1 Å². The number of hydrogen-bond donors (Lipinski definition) is 1. The Hall–Kier alpha value is -1.60. The summed E-state index contributed by atoms with van der Waals surface area (Å²) in [6.45, 7) is 4.32. The molecule has 122 valence electrons. The van der Waals surface area contributed by atoms with E-state index in [0.29, 0.717) is 42.5 Å². The van der Waals surface area contributed by atoms with Gasteiger partial charge in [-0.15, -0.1) is 0 Å². The van der Waals surface area contributed by atoms with E-state index in [2.05, 4.69) is 5.10 Å². The quantitative estimate of drug-likeness (QED) is 0.878. The lowest BCUT2D eigenvalue weighted by atomic mass is 10.1. The van der Waals surface area contributed by atoms with E-state index in [4.69, 9.17) is 21.4 Å². The zero-order chi connectivity index (χ0) is 16.3. The lowest BCUT2D eigenvalue weighted by Gasteiger charge is -2.33. The maximum atomic E-state index is 12.5. The topological polar surface area (TPSA) is 84.7 Å². The van der Waals surface area contributed by atoms with Gasteiger partial charge in [0.15, 0.2) is 0 Å².